The van der Waals surface area contributed by atoms with Crippen molar-refractivity contribution in [1.29, 1.82) is 0 Å². The molecule has 2 N–H and O–H groups in total. The molecule has 23 heavy (non-hydrogen) atoms. The van der Waals surface area contributed by atoms with Crippen molar-refractivity contribution >= 4 is 38.9 Å². The van der Waals surface area contributed by atoms with Gasteiger partial charge in [-0.15, -0.1) is 0 Å². The molecule has 0 unspecified atom stereocenters. The van der Waals surface area contributed by atoms with Crippen LogP contribution in [-0.4, -0.2) is 20.1 Å². The summed E-state index contributed by atoms with van der Waals surface area (Å²) in [6.07, 6.45) is 0. The third-order valence-corrected chi connectivity index (χ3v) is 4.94. The third-order valence-electron chi connectivity index (χ3n) is 3.23. The number of carbonyl (C=O) groups excluding carboxylic acids is 1. The van der Waals surface area contributed by atoms with Gasteiger partial charge in [-0.1, -0.05) is 17.7 Å². The maximum atomic E-state index is 12.2. The molecule has 0 aliphatic carbocycles. The number of nitrogens with one attached hydrogen (secondary N) is 2. The number of anilines is 2. The highest BCUT2D eigenvalue weighted by Gasteiger charge is 2.09. The van der Waals surface area contributed by atoms with Crippen molar-refractivity contribution in [3.63, 3.8) is 0 Å². The van der Waals surface area contributed by atoms with E-state index in [2.05, 4.69) is 10.0 Å². The molecule has 5 nitrogen and oxygen atoms in total. The van der Waals surface area contributed by atoms with Crippen molar-refractivity contribution in [2.24, 2.45) is 0 Å². The van der Waals surface area contributed by atoms with E-state index in [0.717, 1.165) is 5.56 Å². The minimum atomic E-state index is -3.33. The van der Waals surface area contributed by atoms with Gasteiger partial charge in [0.2, 0.25) is 10.0 Å². The topological polar surface area (TPSA) is 75.3 Å². The van der Waals surface area contributed by atoms with E-state index < -0.39 is 10.0 Å². The maximum absolute atomic E-state index is 12.2. The van der Waals surface area contributed by atoms with Gasteiger partial charge in [0.15, 0.2) is 0 Å². The monoisotopic (exact) mass is 352 g/mol. The van der Waals surface area contributed by atoms with Gasteiger partial charge in [-0.3, -0.25) is 9.52 Å². The number of rotatable bonds is 5. The van der Waals surface area contributed by atoms with Gasteiger partial charge in [0, 0.05) is 22.0 Å². The lowest BCUT2D eigenvalue weighted by atomic mass is 10.2. The quantitative estimate of drug-likeness (QED) is 0.862. The summed E-state index contributed by atoms with van der Waals surface area (Å²) in [5.74, 6) is -0.307. The summed E-state index contributed by atoms with van der Waals surface area (Å²) in [6, 6.07) is 11.5. The first-order valence-electron chi connectivity index (χ1n) is 6.99. The fourth-order valence-electron chi connectivity index (χ4n) is 1.82. The molecule has 2 rings (SSSR count). The van der Waals surface area contributed by atoms with Crippen LogP contribution in [0.2, 0.25) is 5.02 Å². The molecule has 0 saturated heterocycles. The van der Waals surface area contributed by atoms with Crippen LogP contribution < -0.4 is 10.0 Å². The molecule has 2 aromatic rings. The number of hydrogen-bond donors (Lipinski definition) is 2. The van der Waals surface area contributed by atoms with E-state index in [4.69, 9.17) is 11.6 Å². The summed E-state index contributed by atoms with van der Waals surface area (Å²) in [4.78, 5) is 12.2. The van der Waals surface area contributed by atoms with Crippen LogP contribution in [0.4, 0.5) is 11.4 Å². The minimum absolute atomic E-state index is 0.0105. The van der Waals surface area contributed by atoms with E-state index in [1.54, 1.807) is 43.3 Å². The van der Waals surface area contributed by atoms with E-state index in [0.29, 0.717) is 22.0 Å². The standard InChI is InChI=1S/C16H17ClN2O3S/c1-3-23(21,22)19-13-8-5-12(6-9-13)16(20)18-14-7-4-11(2)15(17)10-14/h4-10,19H,3H2,1-2H3,(H,18,20). The molecule has 0 heterocycles. The normalized spacial score (nSPS) is 11.1. The smallest absolute Gasteiger partial charge is 0.255 e. The third kappa shape index (κ3) is 4.71. The SMILES string of the molecule is CCS(=O)(=O)Nc1ccc(C(=O)Nc2ccc(C)c(Cl)c2)cc1. The molecule has 0 atom stereocenters. The zero-order chi connectivity index (χ0) is 17.0. The molecule has 0 radical (unpaired) electrons. The number of carbonyl (C=O) groups is 1. The highest BCUT2D eigenvalue weighted by Crippen LogP contribution is 2.21. The Bertz CT molecular complexity index is 818. The first-order chi connectivity index (χ1) is 10.8. The zero-order valence-corrected chi connectivity index (χ0v) is 14.3. The molecule has 7 heteroatoms. The predicted octanol–water partition coefficient (Wildman–Crippen LogP) is 3.66. The Morgan fingerprint density at radius 2 is 1.70 bits per heavy atom. The van der Waals surface area contributed by atoms with Crippen LogP contribution in [0.25, 0.3) is 0 Å². The van der Waals surface area contributed by atoms with Gasteiger partial charge < -0.3 is 5.32 Å². The molecular formula is C16H17ClN2O3S. The van der Waals surface area contributed by atoms with E-state index >= 15 is 0 Å². The Balaban J connectivity index is 2.09. The second-order valence-corrected chi connectivity index (χ2v) is 7.42. The molecule has 0 aromatic heterocycles. The summed E-state index contributed by atoms with van der Waals surface area (Å²) in [7, 11) is -3.33. The summed E-state index contributed by atoms with van der Waals surface area (Å²) >= 11 is 6.02. The molecule has 0 fully saturated rings. The van der Waals surface area contributed by atoms with Crippen molar-refractivity contribution in [2.75, 3.05) is 15.8 Å². The molecule has 0 saturated carbocycles. The molecule has 2 aromatic carbocycles. The highest BCUT2D eigenvalue weighted by molar-refractivity contribution is 7.92. The Labute approximate surface area is 140 Å². The summed E-state index contributed by atoms with van der Waals surface area (Å²) in [6.45, 7) is 3.43. The van der Waals surface area contributed by atoms with Crippen molar-refractivity contribution in [3.8, 4) is 0 Å². The zero-order valence-electron chi connectivity index (χ0n) is 12.8. The van der Waals surface area contributed by atoms with E-state index in [-0.39, 0.29) is 11.7 Å². The van der Waals surface area contributed by atoms with Crippen LogP contribution in [0.5, 0.6) is 0 Å². The molecule has 0 aliphatic heterocycles. The van der Waals surface area contributed by atoms with E-state index in [9.17, 15) is 13.2 Å². The van der Waals surface area contributed by atoms with Crippen LogP contribution in [0.1, 0.15) is 22.8 Å². The lowest BCUT2D eigenvalue weighted by molar-refractivity contribution is 0.102. The first kappa shape index (κ1) is 17.3. The average Bonchev–Trinajstić information content (AvgIpc) is 2.51. The van der Waals surface area contributed by atoms with Gasteiger partial charge in [-0.25, -0.2) is 8.42 Å². The van der Waals surface area contributed by atoms with Crippen LogP contribution >= 0.6 is 11.6 Å². The average molecular weight is 353 g/mol. The molecule has 122 valence electrons. The number of hydrogen-bond acceptors (Lipinski definition) is 3. The minimum Gasteiger partial charge on any atom is -0.322 e. The number of benzene rings is 2. The van der Waals surface area contributed by atoms with Crippen LogP contribution in [-0.2, 0) is 10.0 Å². The molecule has 0 spiro atoms. The molecule has 0 bridgehead atoms. The Morgan fingerprint density at radius 1 is 1.09 bits per heavy atom. The molecular weight excluding hydrogens is 336 g/mol. The van der Waals surface area contributed by atoms with Gasteiger partial charge in [-0.05, 0) is 55.8 Å². The van der Waals surface area contributed by atoms with Gasteiger partial charge in [0.1, 0.15) is 0 Å². The number of aryl methyl sites for hydroxylation is 1. The number of halogens is 1. The fourth-order valence-corrected chi connectivity index (χ4v) is 2.64. The van der Waals surface area contributed by atoms with Gasteiger partial charge in [0.25, 0.3) is 5.91 Å². The highest BCUT2D eigenvalue weighted by atomic mass is 35.5. The van der Waals surface area contributed by atoms with Crippen molar-refractivity contribution in [3.05, 3.63) is 58.6 Å². The first-order valence-corrected chi connectivity index (χ1v) is 9.02. The number of sulfonamides is 1. The lowest BCUT2D eigenvalue weighted by Crippen LogP contribution is -2.15. The van der Waals surface area contributed by atoms with Crippen molar-refractivity contribution in [2.45, 2.75) is 13.8 Å². The lowest BCUT2D eigenvalue weighted by Gasteiger charge is -2.09. The molecule has 0 aliphatic rings. The van der Waals surface area contributed by atoms with Crippen LogP contribution in [0.15, 0.2) is 42.5 Å². The van der Waals surface area contributed by atoms with Crippen LogP contribution in [0.3, 0.4) is 0 Å². The molecule has 1 amide bonds. The number of amides is 1. The summed E-state index contributed by atoms with van der Waals surface area (Å²) < 4.78 is 25.4. The van der Waals surface area contributed by atoms with Crippen molar-refractivity contribution < 1.29 is 13.2 Å². The Kier molecular flexibility index (Phi) is 5.28. The summed E-state index contributed by atoms with van der Waals surface area (Å²) in [5.41, 5.74) is 2.36. The summed E-state index contributed by atoms with van der Waals surface area (Å²) in [5, 5.41) is 3.32. The fraction of sp³-hybridized carbons (Fsp3) is 0.188. The van der Waals surface area contributed by atoms with Crippen molar-refractivity contribution in [1.82, 2.24) is 0 Å². The maximum Gasteiger partial charge on any atom is 0.255 e. The van der Waals surface area contributed by atoms with Gasteiger partial charge in [-0.2, -0.15) is 0 Å². The largest absolute Gasteiger partial charge is 0.322 e. The van der Waals surface area contributed by atoms with E-state index in [1.807, 2.05) is 13.0 Å². The second kappa shape index (κ2) is 7.02. The Morgan fingerprint density at radius 3 is 2.26 bits per heavy atom. The second-order valence-electron chi connectivity index (χ2n) is 5.00. The van der Waals surface area contributed by atoms with Gasteiger partial charge in [0.05, 0.1) is 5.75 Å². The van der Waals surface area contributed by atoms with Crippen LogP contribution in [0, 0.1) is 6.92 Å². The predicted molar refractivity (Wildman–Crippen MR) is 93.7 cm³/mol. The van der Waals surface area contributed by atoms with Gasteiger partial charge >= 0.3 is 0 Å². The van der Waals surface area contributed by atoms with E-state index in [1.165, 1.54) is 0 Å². The Hall–Kier alpha value is -2.05.